The Balaban J connectivity index is 2.26. The predicted octanol–water partition coefficient (Wildman–Crippen LogP) is 4.13. The number of aliphatic hydroxyl groups excluding tert-OH is 2. The lowest BCUT2D eigenvalue weighted by Gasteiger charge is -2.12. The topological polar surface area (TPSA) is 40.5 Å². The van der Waals surface area contributed by atoms with Gasteiger partial charge in [-0.15, -0.1) is 0 Å². The molecule has 0 saturated heterocycles. The Labute approximate surface area is 128 Å². The fraction of sp³-hybridized carbons (Fsp3) is 0.100. The summed E-state index contributed by atoms with van der Waals surface area (Å²) in [6, 6.07) is 20.5. The van der Waals surface area contributed by atoms with Gasteiger partial charge in [0, 0.05) is 0 Å². The van der Waals surface area contributed by atoms with Gasteiger partial charge in [0.05, 0.1) is 13.2 Å². The first-order chi connectivity index (χ1) is 10.8. The van der Waals surface area contributed by atoms with Crippen molar-refractivity contribution in [3.8, 4) is 0 Å². The molecule has 2 nitrogen and oxygen atoms in total. The van der Waals surface area contributed by atoms with Crippen LogP contribution in [0, 0.1) is 0 Å². The second kappa shape index (κ2) is 5.09. The van der Waals surface area contributed by atoms with E-state index in [0.717, 1.165) is 38.1 Å². The van der Waals surface area contributed by atoms with Crippen molar-refractivity contribution in [2.75, 3.05) is 0 Å². The van der Waals surface area contributed by atoms with E-state index in [0.29, 0.717) is 0 Å². The first-order valence-corrected chi connectivity index (χ1v) is 7.39. The van der Waals surface area contributed by atoms with Gasteiger partial charge in [-0.05, 0) is 55.6 Å². The monoisotopic (exact) mass is 288 g/mol. The Morgan fingerprint density at radius 2 is 1.45 bits per heavy atom. The van der Waals surface area contributed by atoms with Gasteiger partial charge in [0.25, 0.3) is 0 Å². The van der Waals surface area contributed by atoms with E-state index < -0.39 is 0 Å². The van der Waals surface area contributed by atoms with Crippen LogP contribution < -0.4 is 0 Å². The Kier molecular flexibility index (Phi) is 3.07. The molecule has 0 saturated carbocycles. The molecule has 0 amide bonds. The van der Waals surface area contributed by atoms with Crippen LogP contribution in [-0.2, 0) is 13.2 Å². The number of benzene rings is 4. The molecule has 0 bridgehead atoms. The summed E-state index contributed by atoms with van der Waals surface area (Å²) in [6.07, 6.45) is 0. The lowest BCUT2D eigenvalue weighted by atomic mass is 9.92. The van der Waals surface area contributed by atoms with E-state index >= 15 is 0 Å². The predicted molar refractivity (Wildman–Crippen MR) is 90.8 cm³/mol. The Morgan fingerprint density at radius 1 is 0.636 bits per heavy atom. The molecule has 0 aromatic heterocycles. The number of fused-ring (bicyclic) bond motifs is 5. The van der Waals surface area contributed by atoms with Gasteiger partial charge < -0.3 is 10.2 Å². The van der Waals surface area contributed by atoms with Crippen LogP contribution in [0.4, 0.5) is 0 Å². The van der Waals surface area contributed by atoms with Crippen LogP contribution in [0.2, 0.25) is 0 Å². The molecule has 22 heavy (non-hydrogen) atoms. The first kappa shape index (κ1) is 13.3. The molecule has 2 N–H and O–H groups in total. The normalized spacial score (nSPS) is 11.5. The fourth-order valence-electron chi connectivity index (χ4n) is 3.29. The summed E-state index contributed by atoms with van der Waals surface area (Å²) in [7, 11) is 0. The summed E-state index contributed by atoms with van der Waals surface area (Å²) in [5.41, 5.74) is 1.84. The summed E-state index contributed by atoms with van der Waals surface area (Å²) in [5.74, 6) is 0. The number of rotatable bonds is 2. The Hall–Kier alpha value is -2.42. The van der Waals surface area contributed by atoms with Crippen molar-refractivity contribution in [2.24, 2.45) is 0 Å². The van der Waals surface area contributed by atoms with Gasteiger partial charge in [0.15, 0.2) is 0 Å². The van der Waals surface area contributed by atoms with E-state index in [4.69, 9.17) is 0 Å². The van der Waals surface area contributed by atoms with Crippen LogP contribution in [0.25, 0.3) is 32.3 Å². The van der Waals surface area contributed by atoms with Gasteiger partial charge in [-0.25, -0.2) is 0 Å². The van der Waals surface area contributed by atoms with Gasteiger partial charge in [-0.1, -0.05) is 48.5 Å². The SMILES string of the molecule is OCc1ccc2cc(CO)c3c4ccccc4ccc3c2c1. The first-order valence-electron chi connectivity index (χ1n) is 7.39. The van der Waals surface area contributed by atoms with E-state index in [1.807, 2.05) is 36.4 Å². The molecule has 4 aromatic rings. The van der Waals surface area contributed by atoms with Crippen molar-refractivity contribution in [3.63, 3.8) is 0 Å². The third-order valence-corrected chi connectivity index (χ3v) is 4.34. The van der Waals surface area contributed by atoms with Crippen molar-refractivity contribution in [1.29, 1.82) is 0 Å². The molecule has 0 radical (unpaired) electrons. The molecule has 4 aromatic carbocycles. The molecular weight excluding hydrogens is 272 g/mol. The minimum Gasteiger partial charge on any atom is -0.392 e. The van der Waals surface area contributed by atoms with Crippen molar-refractivity contribution < 1.29 is 10.2 Å². The molecule has 2 heteroatoms. The highest BCUT2D eigenvalue weighted by molar-refractivity contribution is 6.18. The maximum atomic E-state index is 9.82. The van der Waals surface area contributed by atoms with Crippen molar-refractivity contribution in [2.45, 2.75) is 13.2 Å². The standard InChI is InChI=1S/C20H16O2/c21-11-13-5-6-15-10-16(12-22)20-17-4-2-1-3-14(17)7-8-18(20)19(15)9-13/h1-10,21-22H,11-12H2. The molecule has 4 rings (SSSR count). The molecular formula is C20H16O2. The van der Waals surface area contributed by atoms with Gasteiger partial charge in [-0.2, -0.15) is 0 Å². The van der Waals surface area contributed by atoms with Crippen LogP contribution in [0.5, 0.6) is 0 Å². The summed E-state index contributed by atoms with van der Waals surface area (Å²) in [6.45, 7) is 0.0506. The average Bonchev–Trinajstić information content (AvgIpc) is 2.60. The quantitative estimate of drug-likeness (QED) is 0.544. The molecule has 0 atom stereocenters. The minimum atomic E-state index is 0.0161. The molecule has 108 valence electrons. The highest BCUT2D eigenvalue weighted by Gasteiger charge is 2.10. The van der Waals surface area contributed by atoms with Crippen LogP contribution in [0.15, 0.2) is 60.7 Å². The van der Waals surface area contributed by atoms with Crippen LogP contribution in [0.3, 0.4) is 0 Å². The Morgan fingerprint density at radius 3 is 2.27 bits per heavy atom. The molecule has 0 aliphatic heterocycles. The van der Waals surface area contributed by atoms with Crippen molar-refractivity contribution >= 4 is 32.3 Å². The molecule has 0 spiro atoms. The van der Waals surface area contributed by atoms with E-state index in [-0.39, 0.29) is 13.2 Å². The summed E-state index contributed by atoms with van der Waals surface area (Å²) in [5, 5.41) is 26.0. The molecule has 0 heterocycles. The average molecular weight is 288 g/mol. The van der Waals surface area contributed by atoms with Gasteiger partial charge >= 0.3 is 0 Å². The zero-order valence-corrected chi connectivity index (χ0v) is 12.1. The van der Waals surface area contributed by atoms with E-state index in [1.165, 1.54) is 5.39 Å². The lowest BCUT2D eigenvalue weighted by molar-refractivity contribution is 0.282. The van der Waals surface area contributed by atoms with Crippen molar-refractivity contribution in [1.82, 2.24) is 0 Å². The summed E-state index contributed by atoms with van der Waals surface area (Å²) in [4.78, 5) is 0. The second-order valence-electron chi connectivity index (χ2n) is 5.62. The van der Waals surface area contributed by atoms with Crippen LogP contribution in [-0.4, -0.2) is 10.2 Å². The van der Waals surface area contributed by atoms with Crippen LogP contribution >= 0.6 is 0 Å². The van der Waals surface area contributed by atoms with Gasteiger partial charge in [0.2, 0.25) is 0 Å². The van der Waals surface area contributed by atoms with Crippen LogP contribution in [0.1, 0.15) is 11.1 Å². The lowest BCUT2D eigenvalue weighted by Crippen LogP contribution is -1.91. The highest BCUT2D eigenvalue weighted by atomic mass is 16.3. The summed E-state index contributed by atoms with van der Waals surface area (Å²) >= 11 is 0. The minimum absolute atomic E-state index is 0.0161. The number of aliphatic hydroxyl groups is 2. The maximum Gasteiger partial charge on any atom is 0.0688 e. The summed E-state index contributed by atoms with van der Waals surface area (Å²) < 4.78 is 0. The molecule has 0 fully saturated rings. The van der Waals surface area contributed by atoms with Gasteiger partial charge in [-0.3, -0.25) is 0 Å². The van der Waals surface area contributed by atoms with Crippen molar-refractivity contribution in [3.05, 3.63) is 71.8 Å². The fourth-order valence-corrected chi connectivity index (χ4v) is 3.29. The largest absolute Gasteiger partial charge is 0.392 e. The molecule has 0 aliphatic rings. The van der Waals surface area contributed by atoms with E-state index in [9.17, 15) is 10.2 Å². The Bertz CT molecular complexity index is 1000. The maximum absolute atomic E-state index is 9.82. The highest BCUT2D eigenvalue weighted by Crippen LogP contribution is 2.34. The van der Waals surface area contributed by atoms with E-state index in [1.54, 1.807) is 0 Å². The molecule has 0 unspecified atom stereocenters. The number of hydrogen-bond donors (Lipinski definition) is 2. The zero-order chi connectivity index (χ0) is 15.1. The third-order valence-electron chi connectivity index (χ3n) is 4.34. The van der Waals surface area contributed by atoms with Gasteiger partial charge in [0.1, 0.15) is 0 Å². The molecule has 0 aliphatic carbocycles. The number of hydrogen-bond acceptors (Lipinski definition) is 2. The zero-order valence-electron chi connectivity index (χ0n) is 12.1. The third kappa shape index (κ3) is 1.89. The second-order valence-corrected chi connectivity index (χ2v) is 5.62. The smallest absolute Gasteiger partial charge is 0.0688 e. The van der Waals surface area contributed by atoms with E-state index in [2.05, 4.69) is 24.3 Å².